The van der Waals surface area contributed by atoms with Gasteiger partial charge < -0.3 is 16.2 Å². The molecule has 2 aromatic carbocycles. The number of fused-ring (bicyclic) bond motifs is 2. The summed E-state index contributed by atoms with van der Waals surface area (Å²) in [7, 11) is -4.28. The van der Waals surface area contributed by atoms with Crippen molar-refractivity contribution in [2.45, 2.75) is 23.7 Å². The maximum Gasteiger partial charge on any atom is 0.573 e. The van der Waals surface area contributed by atoms with Crippen LogP contribution < -0.4 is 20.5 Å². The molecule has 1 aliphatic rings. The highest BCUT2D eigenvalue weighted by Crippen LogP contribution is 2.37. The zero-order chi connectivity index (χ0) is 25.0. The van der Waals surface area contributed by atoms with E-state index < -0.39 is 28.2 Å². The number of hydrogen-bond acceptors (Lipinski definition) is 8. The second kappa shape index (κ2) is 8.01. The van der Waals surface area contributed by atoms with Crippen LogP contribution in [0.2, 0.25) is 0 Å². The third kappa shape index (κ3) is 4.16. The van der Waals surface area contributed by atoms with Crippen LogP contribution in [-0.4, -0.2) is 41.1 Å². The van der Waals surface area contributed by atoms with Crippen LogP contribution >= 0.6 is 0 Å². The first kappa shape index (κ1) is 22.7. The molecule has 35 heavy (non-hydrogen) atoms. The van der Waals surface area contributed by atoms with Crippen molar-refractivity contribution in [3.05, 3.63) is 60.3 Å². The molecule has 2 aromatic heterocycles. The number of benzene rings is 2. The number of rotatable bonds is 4. The molecule has 182 valence electrons. The molecule has 0 bridgehead atoms. The van der Waals surface area contributed by atoms with E-state index >= 15 is 0 Å². The highest BCUT2D eigenvalue weighted by atomic mass is 32.2. The van der Waals surface area contributed by atoms with E-state index in [0.29, 0.717) is 28.7 Å². The summed E-state index contributed by atoms with van der Waals surface area (Å²) >= 11 is 0. The van der Waals surface area contributed by atoms with E-state index in [1.807, 2.05) is 0 Å². The number of anilines is 3. The number of sulfonamides is 1. The van der Waals surface area contributed by atoms with Gasteiger partial charge in [-0.3, -0.25) is 4.31 Å². The van der Waals surface area contributed by atoms with Gasteiger partial charge in [0.15, 0.2) is 5.65 Å². The lowest BCUT2D eigenvalue weighted by atomic mass is 10.00. The van der Waals surface area contributed by atoms with Crippen LogP contribution in [0.4, 0.5) is 30.6 Å². The molecule has 0 spiro atoms. The van der Waals surface area contributed by atoms with Crippen molar-refractivity contribution in [3.8, 4) is 5.75 Å². The van der Waals surface area contributed by atoms with Crippen LogP contribution in [0.5, 0.6) is 5.75 Å². The number of halogens is 3. The van der Waals surface area contributed by atoms with Crippen molar-refractivity contribution >= 4 is 38.5 Å². The van der Waals surface area contributed by atoms with Crippen molar-refractivity contribution in [1.29, 1.82) is 0 Å². The van der Waals surface area contributed by atoms with Gasteiger partial charge in [-0.1, -0.05) is 24.3 Å². The standard InChI is InChI=1S/C21H18F3N7O3S/c22-21(23,24)34-14-5-3-6-15(9-14)35(32,33)30-11-13(8-12-4-1-2-7-17(12)30)31-19-16(10-27-31)18(25)28-20(26)29-19/h1-7,9-10,13H,8,11H2,(H4,25,26,28,29). The Morgan fingerprint density at radius 2 is 1.83 bits per heavy atom. The molecule has 0 amide bonds. The number of nitrogens with zero attached hydrogens (tertiary/aromatic N) is 5. The Bertz CT molecular complexity index is 1540. The molecule has 4 aromatic rings. The first-order valence-electron chi connectivity index (χ1n) is 10.3. The van der Waals surface area contributed by atoms with Gasteiger partial charge in [0.05, 0.1) is 34.8 Å². The smallest absolute Gasteiger partial charge is 0.406 e. The van der Waals surface area contributed by atoms with E-state index in [1.165, 1.54) is 23.0 Å². The fourth-order valence-electron chi connectivity index (χ4n) is 4.12. The fourth-order valence-corrected chi connectivity index (χ4v) is 5.69. The maximum absolute atomic E-state index is 13.6. The van der Waals surface area contributed by atoms with Gasteiger partial charge >= 0.3 is 6.36 Å². The Morgan fingerprint density at radius 1 is 1.06 bits per heavy atom. The summed E-state index contributed by atoms with van der Waals surface area (Å²) in [4.78, 5) is 7.78. The highest BCUT2D eigenvalue weighted by Gasteiger charge is 2.36. The lowest BCUT2D eigenvalue weighted by Crippen LogP contribution is -2.41. The Morgan fingerprint density at radius 3 is 2.60 bits per heavy atom. The molecule has 5 rings (SSSR count). The van der Waals surface area contributed by atoms with E-state index in [4.69, 9.17) is 11.5 Å². The molecule has 0 radical (unpaired) electrons. The summed E-state index contributed by atoms with van der Waals surface area (Å²) in [6, 6.07) is 10.6. The topological polar surface area (TPSA) is 142 Å². The number of nitrogen functional groups attached to an aromatic ring is 2. The predicted octanol–water partition coefficient (Wildman–Crippen LogP) is 2.88. The Kier molecular flexibility index (Phi) is 5.20. The molecule has 0 saturated carbocycles. The van der Waals surface area contributed by atoms with Gasteiger partial charge in [0, 0.05) is 6.07 Å². The van der Waals surface area contributed by atoms with Gasteiger partial charge in [-0.25, -0.2) is 13.1 Å². The zero-order valence-electron chi connectivity index (χ0n) is 17.8. The number of para-hydroxylation sites is 1. The maximum atomic E-state index is 13.6. The number of alkyl halides is 3. The minimum Gasteiger partial charge on any atom is -0.406 e. The summed E-state index contributed by atoms with van der Waals surface area (Å²) < 4.78 is 72.0. The molecule has 1 atom stereocenters. The van der Waals surface area contributed by atoms with E-state index in [-0.39, 0.29) is 23.2 Å². The molecule has 4 N–H and O–H groups in total. The molecule has 0 saturated heterocycles. The van der Waals surface area contributed by atoms with Gasteiger partial charge in [-0.05, 0) is 30.2 Å². The van der Waals surface area contributed by atoms with E-state index in [9.17, 15) is 21.6 Å². The molecule has 3 heterocycles. The molecule has 14 heteroatoms. The number of ether oxygens (including phenoxy) is 1. The lowest BCUT2D eigenvalue weighted by molar-refractivity contribution is -0.274. The zero-order valence-corrected chi connectivity index (χ0v) is 18.7. The third-order valence-electron chi connectivity index (χ3n) is 5.57. The molecular formula is C21H18F3N7O3S. The Labute approximate surface area is 197 Å². The average Bonchev–Trinajstić information content (AvgIpc) is 3.21. The minimum atomic E-state index is -4.96. The largest absolute Gasteiger partial charge is 0.573 e. The van der Waals surface area contributed by atoms with Crippen molar-refractivity contribution in [1.82, 2.24) is 19.7 Å². The summed E-state index contributed by atoms with van der Waals surface area (Å²) in [5.74, 6) is -0.555. The molecule has 1 unspecified atom stereocenters. The van der Waals surface area contributed by atoms with E-state index in [1.54, 1.807) is 24.3 Å². The average molecular weight is 505 g/mol. The highest BCUT2D eigenvalue weighted by molar-refractivity contribution is 7.92. The Hall–Kier alpha value is -4.07. The van der Waals surface area contributed by atoms with Crippen LogP contribution in [0.15, 0.2) is 59.6 Å². The van der Waals surface area contributed by atoms with E-state index in [2.05, 4.69) is 19.8 Å². The second-order valence-electron chi connectivity index (χ2n) is 7.84. The van der Waals surface area contributed by atoms with E-state index in [0.717, 1.165) is 16.4 Å². The monoisotopic (exact) mass is 505 g/mol. The lowest BCUT2D eigenvalue weighted by Gasteiger charge is -2.35. The SMILES string of the molecule is Nc1nc(N)c2cnn(C3Cc4ccccc4N(S(=O)(=O)c4cccc(OC(F)(F)F)c4)C3)c2n1. The Balaban J connectivity index is 1.59. The van der Waals surface area contributed by atoms with Gasteiger partial charge in [0.2, 0.25) is 5.95 Å². The first-order valence-corrected chi connectivity index (χ1v) is 11.7. The first-order chi connectivity index (χ1) is 16.5. The molecule has 10 nitrogen and oxygen atoms in total. The number of aromatic nitrogens is 4. The van der Waals surface area contributed by atoms with Crippen LogP contribution in [0.1, 0.15) is 11.6 Å². The van der Waals surface area contributed by atoms with Gasteiger partial charge in [0.1, 0.15) is 11.6 Å². The van der Waals surface area contributed by atoms with Crippen molar-refractivity contribution in [3.63, 3.8) is 0 Å². The molecular weight excluding hydrogens is 487 g/mol. The van der Waals surface area contributed by atoms with Crippen LogP contribution in [0.3, 0.4) is 0 Å². The normalized spacial score (nSPS) is 16.3. The molecule has 0 fully saturated rings. The summed E-state index contributed by atoms with van der Waals surface area (Å²) in [6.07, 6.45) is -3.07. The number of nitrogens with two attached hydrogens (primary N) is 2. The predicted molar refractivity (Wildman–Crippen MR) is 121 cm³/mol. The summed E-state index contributed by atoms with van der Waals surface area (Å²) in [6.45, 7) is -0.0652. The third-order valence-corrected chi connectivity index (χ3v) is 7.34. The minimum absolute atomic E-state index is 0.0566. The van der Waals surface area contributed by atoms with Crippen molar-refractivity contribution in [2.24, 2.45) is 0 Å². The molecule has 1 aliphatic heterocycles. The molecule has 0 aliphatic carbocycles. The second-order valence-corrected chi connectivity index (χ2v) is 9.70. The fraction of sp³-hybridized carbons (Fsp3) is 0.190. The van der Waals surface area contributed by atoms with Crippen molar-refractivity contribution < 1.29 is 26.3 Å². The van der Waals surface area contributed by atoms with Crippen LogP contribution in [0.25, 0.3) is 11.0 Å². The van der Waals surface area contributed by atoms with Gasteiger partial charge in [0.25, 0.3) is 10.0 Å². The summed E-state index contributed by atoms with van der Waals surface area (Å²) in [5.41, 5.74) is 13.1. The van der Waals surface area contributed by atoms with Gasteiger partial charge in [-0.2, -0.15) is 15.1 Å². The van der Waals surface area contributed by atoms with Crippen LogP contribution in [0, 0.1) is 0 Å². The summed E-state index contributed by atoms with van der Waals surface area (Å²) in [5, 5.41) is 4.81. The van der Waals surface area contributed by atoms with Crippen LogP contribution in [-0.2, 0) is 16.4 Å². The quantitative estimate of drug-likeness (QED) is 0.431. The van der Waals surface area contributed by atoms with Crippen molar-refractivity contribution in [2.75, 3.05) is 22.3 Å². The number of hydrogen-bond donors (Lipinski definition) is 2. The van der Waals surface area contributed by atoms with Gasteiger partial charge in [-0.15, -0.1) is 13.2 Å².